The molecule has 0 heterocycles. The molecule has 1 aromatic carbocycles. The fourth-order valence-corrected chi connectivity index (χ4v) is 2.65. The Kier molecular flexibility index (Phi) is 5.05. The SMILES string of the molecule is N#Cc1cc(F)c(CNCC2CCCCC2O)c(F)c1. The lowest BCUT2D eigenvalue weighted by Gasteiger charge is -2.27. The molecule has 2 N–H and O–H groups in total. The molecule has 0 aliphatic heterocycles. The number of rotatable bonds is 4. The van der Waals surface area contributed by atoms with E-state index in [4.69, 9.17) is 5.26 Å². The maximum absolute atomic E-state index is 13.7. The van der Waals surface area contributed by atoms with Gasteiger partial charge in [0.2, 0.25) is 0 Å². The molecule has 0 spiro atoms. The molecule has 1 saturated carbocycles. The highest BCUT2D eigenvalue weighted by Gasteiger charge is 2.22. The fourth-order valence-electron chi connectivity index (χ4n) is 2.65. The van der Waals surface area contributed by atoms with E-state index in [2.05, 4.69) is 5.32 Å². The summed E-state index contributed by atoms with van der Waals surface area (Å²) in [5.41, 5.74) is -0.0826. The summed E-state index contributed by atoms with van der Waals surface area (Å²) in [4.78, 5) is 0. The van der Waals surface area contributed by atoms with Crippen molar-refractivity contribution < 1.29 is 13.9 Å². The number of halogens is 2. The van der Waals surface area contributed by atoms with Crippen LogP contribution in [0.15, 0.2) is 12.1 Å². The van der Waals surface area contributed by atoms with Crippen LogP contribution in [0.3, 0.4) is 0 Å². The van der Waals surface area contributed by atoms with Crippen LogP contribution in [0, 0.1) is 28.9 Å². The van der Waals surface area contributed by atoms with Crippen LogP contribution in [-0.2, 0) is 6.54 Å². The van der Waals surface area contributed by atoms with Gasteiger partial charge in [-0.1, -0.05) is 12.8 Å². The first-order chi connectivity index (χ1) is 9.61. The first-order valence-corrected chi connectivity index (χ1v) is 6.88. The molecule has 20 heavy (non-hydrogen) atoms. The maximum Gasteiger partial charge on any atom is 0.131 e. The van der Waals surface area contributed by atoms with Gasteiger partial charge < -0.3 is 10.4 Å². The van der Waals surface area contributed by atoms with Crippen molar-refractivity contribution in [1.82, 2.24) is 5.32 Å². The topological polar surface area (TPSA) is 56.0 Å². The van der Waals surface area contributed by atoms with Gasteiger partial charge in [0.1, 0.15) is 11.6 Å². The Hall–Kier alpha value is -1.51. The molecule has 0 saturated heterocycles. The van der Waals surface area contributed by atoms with Crippen LogP contribution in [0.5, 0.6) is 0 Å². The zero-order valence-corrected chi connectivity index (χ0v) is 11.2. The number of hydrogen-bond acceptors (Lipinski definition) is 3. The van der Waals surface area contributed by atoms with Crippen molar-refractivity contribution in [3.8, 4) is 6.07 Å². The Morgan fingerprint density at radius 3 is 2.50 bits per heavy atom. The van der Waals surface area contributed by atoms with E-state index in [9.17, 15) is 13.9 Å². The molecular formula is C15H18F2N2O. The minimum Gasteiger partial charge on any atom is -0.393 e. The molecule has 3 nitrogen and oxygen atoms in total. The van der Waals surface area contributed by atoms with Crippen LogP contribution in [0.4, 0.5) is 8.78 Å². The normalized spacial score (nSPS) is 22.5. The molecule has 1 aliphatic carbocycles. The summed E-state index contributed by atoms with van der Waals surface area (Å²) in [5, 5.41) is 21.4. The second-order valence-corrected chi connectivity index (χ2v) is 5.27. The summed E-state index contributed by atoms with van der Waals surface area (Å²) < 4.78 is 27.3. The second-order valence-electron chi connectivity index (χ2n) is 5.27. The molecule has 2 unspecified atom stereocenters. The molecule has 1 aliphatic rings. The summed E-state index contributed by atoms with van der Waals surface area (Å²) in [6, 6.07) is 3.79. The minimum atomic E-state index is -0.710. The highest BCUT2D eigenvalue weighted by atomic mass is 19.1. The van der Waals surface area contributed by atoms with E-state index in [1.807, 2.05) is 0 Å². The quantitative estimate of drug-likeness (QED) is 0.891. The molecule has 108 valence electrons. The van der Waals surface area contributed by atoms with Crippen molar-refractivity contribution in [2.24, 2.45) is 5.92 Å². The third kappa shape index (κ3) is 3.53. The average molecular weight is 280 g/mol. The van der Waals surface area contributed by atoms with E-state index in [-0.39, 0.29) is 29.7 Å². The Morgan fingerprint density at radius 1 is 1.25 bits per heavy atom. The van der Waals surface area contributed by atoms with E-state index in [0.717, 1.165) is 37.8 Å². The molecule has 0 bridgehead atoms. The lowest BCUT2D eigenvalue weighted by atomic mass is 9.86. The van der Waals surface area contributed by atoms with Crippen molar-refractivity contribution >= 4 is 0 Å². The highest BCUT2D eigenvalue weighted by Crippen LogP contribution is 2.24. The molecule has 1 fully saturated rings. The van der Waals surface area contributed by atoms with Gasteiger partial charge in [-0.15, -0.1) is 0 Å². The molecule has 0 radical (unpaired) electrons. The molecule has 2 rings (SSSR count). The van der Waals surface area contributed by atoms with Crippen LogP contribution in [-0.4, -0.2) is 17.8 Å². The smallest absolute Gasteiger partial charge is 0.131 e. The highest BCUT2D eigenvalue weighted by molar-refractivity contribution is 5.34. The van der Waals surface area contributed by atoms with Gasteiger partial charge in [-0.2, -0.15) is 5.26 Å². The van der Waals surface area contributed by atoms with Gasteiger partial charge in [0.25, 0.3) is 0 Å². The van der Waals surface area contributed by atoms with Crippen LogP contribution in [0.1, 0.15) is 36.8 Å². The van der Waals surface area contributed by atoms with E-state index in [1.54, 1.807) is 6.07 Å². The van der Waals surface area contributed by atoms with Gasteiger partial charge in [-0.05, 0) is 30.9 Å². The van der Waals surface area contributed by atoms with Crippen molar-refractivity contribution in [1.29, 1.82) is 5.26 Å². The summed E-state index contributed by atoms with van der Waals surface area (Å²) in [6.45, 7) is 0.604. The van der Waals surface area contributed by atoms with E-state index < -0.39 is 11.6 Å². The first kappa shape index (κ1) is 14.9. The second kappa shape index (κ2) is 6.78. The zero-order chi connectivity index (χ0) is 14.5. The Bertz CT molecular complexity index is 490. The van der Waals surface area contributed by atoms with Gasteiger partial charge in [0.15, 0.2) is 0 Å². The summed E-state index contributed by atoms with van der Waals surface area (Å²) in [6.07, 6.45) is 3.53. The lowest BCUT2D eigenvalue weighted by Crippen LogP contribution is -2.33. The van der Waals surface area contributed by atoms with Crippen molar-refractivity contribution in [3.63, 3.8) is 0 Å². The molecule has 2 atom stereocenters. The van der Waals surface area contributed by atoms with Gasteiger partial charge >= 0.3 is 0 Å². The molecular weight excluding hydrogens is 262 g/mol. The number of aliphatic hydroxyl groups excluding tert-OH is 1. The first-order valence-electron chi connectivity index (χ1n) is 6.88. The summed E-state index contributed by atoms with van der Waals surface area (Å²) >= 11 is 0. The largest absolute Gasteiger partial charge is 0.393 e. The van der Waals surface area contributed by atoms with Crippen molar-refractivity contribution in [3.05, 3.63) is 34.9 Å². The molecule has 5 heteroatoms. The van der Waals surface area contributed by atoms with Crippen LogP contribution >= 0.6 is 0 Å². The fraction of sp³-hybridized carbons (Fsp3) is 0.533. The third-order valence-corrected chi connectivity index (χ3v) is 3.85. The van der Waals surface area contributed by atoms with Gasteiger partial charge in [-0.3, -0.25) is 0 Å². The van der Waals surface area contributed by atoms with Crippen molar-refractivity contribution in [2.75, 3.05) is 6.54 Å². The number of benzene rings is 1. The number of aliphatic hydroxyl groups is 1. The summed E-state index contributed by atoms with van der Waals surface area (Å²) in [7, 11) is 0. The number of nitrogens with zero attached hydrogens (tertiary/aromatic N) is 1. The standard InChI is InChI=1S/C15H18F2N2O/c16-13-5-10(7-18)6-14(17)12(13)9-19-8-11-3-1-2-4-15(11)20/h5-6,11,15,19-20H,1-4,8-9H2. The molecule has 1 aromatic rings. The molecule has 0 aromatic heterocycles. The van der Waals surface area contributed by atoms with Gasteiger partial charge in [0.05, 0.1) is 17.7 Å². The molecule has 0 amide bonds. The zero-order valence-electron chi connectivity index (χ0n) is 11.2. The van der Waals surface area contributed by atoms with Gasteiger partial charge in [0, 0.05) is 18.7 Å². The monoisotopic (exact) mass is 280 g/mol. The maximum atomic E-state index is 13.7. The van der Waals surface area contributed by atoms with E-state index in [1.165, 1.54) is 0 Å². The Balaban J connectivity index is 1.93. The predicted molar refractivity (Wildman–Crippen MR) is 70.7 cm³/mol. The van der Waals surface area contributed by atoms with Gasteiger partial charge in [-0.25, -0.2) is 8.78 Å². The third-order valence-electron chi connectivity index (χ3n) is 3.85. The predicted octanol–water partition coefficient (Wildman–Crippen LogP) is 2.48. The van der Waals surface area contributed by atoms with Crippen LogP contribution in [0.2, 0.25) is 0 Å². The minimum absolute atomic E-state index is 0.0218. The number of nitriles is 1. The number of hydrogen-bond donors (Lipinski definition) is 2. The van der Waals surface area contributed by atoms with Crippen LogP contribution in [0.25, 0.3) is 0 Å². The lowest BCUT2D eigenvalue weighted by molar-refractivity contribution is 0.0694. The van der Waals surface area contributed by atoms with Crippen molar-refractivity contribution in [2.45, 2.75) is 38.3 Å². The van der Waals surface area contributed by atoms with E-state index in [0.29, 0.717) is 6.54 Å². The number of nitrogens with one attached hydrogen (secondary N) is 1. The van der Waals surface area contributed by atoms with E-state index >= 15 is 0 Å². The average Bonchev–Trinajstić information content (AvgIpc) is 2.43. The van der Waals surface area contributed by atoms with Crippen LogP contribution < -0.4 is 5.32 Å². The Labute approximate surface area is 117 Å². The summed E-state index contributed by atoms with van der Waals surface area (Å²) in [5.74, 6) is -1.27. The Morgan fingerprint density at radius 2 is 1.90 bits per heavy atom.